The van der Waals surface area contributed by atoms with Gasteiger partial charge in [-0.05, 0) is 31.0 Å². The van der Waals surface area contributed by atoms with Crippen LogP contribution >= 0.6 is 0 Å². The molecule has 0 aliphatic carbocycles. The summed E-state index contributed by atoms with van der Waals surface area (Å²) in [7, 11) is 1.39. The number of anilines is 1. The highest BCUT2D eigenvalue weighted by molar-refractivity contribution is 6.10. The lowest BCUT2D eigenvalue weighted by Gasteiger charge is -2.12. The second-order valence-corrected chi connectivity index (χ2v) is 7.43. The van der Waals surface area contributed by atoms with Crippen molar-refractivity contribution < 1.29 is 18.7 Å². The Balaban J connectivity index is 1.47. The zero-order valence-electron chi connectivity index (χ0n) is 16.6. The summed E-state index contributed by atoms with van der Waals surface area (Å²) in [5, 5.41) is 4.60. The van der Waals surface area contributed by atoms with Crippen LogP contribution in [0.1, 0.15) is 34.1 Å². The van der Waals surface area contributed by atoms with Crippen molar-refractivity contribution in [2.45, 2.75) is 25.9 Å². The smallest absolute Gasteiger partial charge is 0.262 e. The van der Waals surface area contributed by atoms with Crippen LogP contribution in [-0.4, -0.2) is 46.0 Å². The molecule has 3 aromatic heterocycles. The summed E-state index contributed by atoms with van der Waals surface area (Å²) in [6.07, 6.45) is 4.20. The SMILES string of the molecule is COc1cc(-c2cc(C)c3c(n2)CN(c2ccn([C@@H]4CCOC4)n2)C3=O)cnc1F. The van der Waals surface area contributed by atoms with Crippen LogP contribution in [0.15, 0.2) is 30.6 Å². The number of pyridine rings is 2. The highest BCUT2D eigenvalue weighted by Gasteiger charge is 2.33. The van der Waals surface area contributed by atoms with Crippen molar-refractivity contribution in [1.82, 2.24) is 19.7 Å². The molecule has 3 aromatic rings. The Kier molecular flexibility index (Phi) is 4.47. The maximum absolute atomic E-state index is 13.7. The second kappa shape index (κ2) is 7.17. The maximum Gasteiger partial charge on any atom is 0.262 e. The van der Waals surface area contributed by atoms with Gasteiger partial charge in [-0.1, -0.05) is 0 Å². The van der Waals surface area contributed by atoms with E-state index in [-0.39, 0.29) is 17.7 Å². The standard InChI is InChI=1S/C21H20FN5O3/c1-12-7-15(13-8-17(29-2)20(22)23-9-13)24-16-10-26(21(28)19(12)16)18-3-5-27(25-18)14-4-6-30-11-14/h3,5,7-9,14H,4,6,10-11H2,1-2H3/t14-/m1/s1. The first-order valence-electron chi connectivity index (χ1n) is 9.70. The lowest BCUT2D eigenvalue weighted by Crippen LogP contribution is -2.24. The van der Waals surface area contributed by atoms with Crippen LogP contribution in [0.2, 0.25) is 0 Å². The van der Waals surface area contributed by atoms with E-state index in [1.165, 1.54) is 13.3 Å². The zero-order valence-corrected chi connectivity index (χ0v) is 16.6. The monoisotopic (exact) mass is 409 g/mol. The Morgan fingerprint density at radius 2 is 2.20 bits per heavy atom. The first kappa shape index (κ1) is 18.7. The van der Waals surface area contributed by atoms with Crippen molar-refractivity contribution in [3.63, 3.8) is 0 Å². The van der Waals surface area contributed by atoms with Crippen LogP contribution in [0, 0.1) is 12.9 Å². The molecule has 0 spiro atoms. The predicted octanol–water partition coefficient (Wildman–Crippen LogP) is 2.92. The van der Waals surface area contributed by atoms with Crippen molar-refractivity contribution in [3.05, 3.63) is 53.4 Å². The number of nitrogens with zero attached hydrogens (tertiary/aromatic N) is 5. The fourth-order valence-electron chi connectivity index (χ4n) is 3.95. The summed E-state index contributed by atoms with van der Waals surface area (Å²) in [4.78, 5) is 23.1. The molecule has 0 aromatic carbocycles. The van der Waals surface area contributed by atoms with Gasteiger partial charge in [-0.3, -0.25) is 19.4 Å². The van der Waals surface area contributed by atoms with E-state index < -0.39 is 5.95 Å². The molecule has 8 nitrogen and oxygen atoms in total. The summed E-state index contributed by atoms with van der Waals surface area (Å²) in [5.74, 6) is -0.157. The number of methoxy groups -OCH3 is 1. The quantitative estimate of drug-likeness (QED) is 0.617. The van der Waals surface area contributed by atoms with Crippen molar-refractivity contribution in [2.24, 2.45) is 0 Å². The molecule has 0 bridgehead atoms. The van der Waals surface area contributed by atoms with Gasteiger partial charge in [0.05, 0.1) is 43.3 Å². The number of aromatic nitrogens is 4. The Morgan fingerprint density at radius 3 is 2.97 bits per heavy atom. The summed E-state index contributed by atoms with van der Waals surface area (Å²) < 4.78 is 26.0. The first-order chi connectivity index (χ1) is 14.5. The molecule has 1 fully saturated rings. The minimum absolute atomic E-state index is 0.0478. The molecule has 5 rings (SSSR count). The molecule has 5 heterocycles. The molecule has 154 valence electrons. The van der Waals surface area contributed by atoms with Gasteiger partial charge in [-0.2, -0.15) is 9.49 Å². The Hall–Kier alpha value is -3.33. The summed E-state index contributed by atoms with van der Waals surface area (Å²) >= 11 is 0. The van der Waals surface area contributed by atoms with Gasteiger partial charge in [0.25, 0.3) is 11.9 Å². The molecular weight excluding hydrogens is 389 g/mol. The predicted molar refractivity (Wildman–Crippen MR) is 106 cm³/mol. The molecule has 2 aliphatic heterocycles. The van der Waals surface area contributed by atoms with E-state index in [1.807, 2.05) is 29.9 Å². The lowest BCUT2D eigenvalue weighted by molar-refractivity contribution is 0.0995. The van der Waals surface area contributed by atoms with E-state index in [0.717, 1.165) is 18.6 Å². The van der Waals surface area contributed by atoms with Crippen molar-refractivity contribution in [2.75, 3.05) is 25.2 Å². The van der Waals surface area contributed by atoms with Gasteiger partial charge < -0.3 is 9.47 Å². The van der Waals surface area contributed by atoms with E-state index in [4.69, 9.17) is 9.47 Å². The number of halogens is 1. The van der Waals surface area contributed by atoms with Gasteiger partial charge >= 0.3 is 0 Å². The number of hydrogen-bond donors (Lipinski definition) is 0. The lowest BCUT2D eigenvalue weighted by atomic mass is 10.1. The van der Waals surface area contributed by atoms with Crippen LogP contribution in [0.5, 0.6) is 5.75 Å². The van der Waals surface area contributed by atoms with Crippen LogP contribution in [0.3, 0.4) is 0 Å². The summed E-state index contributed by atoms with van der Waals surface area (Å²) in [6.45, 7) is 3.55. The van der Waals surface area contributed by atoms with Gasteiger partial charge in [-0.25, -0.2) is 4.98 Å². The first-order valence-corrected chi connectivity index (χ1v) is 9.70. The molecule has 0 radical (unpaired) electrons. The van der Waals surface area contributed by atoms with E-state index in [0.29, 0.717) is 41.5 Å². The molecule has 30 heavy (non-hydrogen) atoms. The molecule has 9 heteroatoms. The summed E-state index contributed by atoms with van der Waals surface area (Å²) in [5.41, 5.74) is 3.28. The highest BCUT2D eigenvalue weighted by Crippen LogP contribution is 2.32. The van der Waals surface area contributed by atoms with Crippen molar-refractivity contribution in [3.8, 4) is 17.0 Å². The van der Waals surface area contributed by atoms with E-state index >= 15 is 0 Å². The Bertz CT molecular complexity index is 1140. The average Bonchev–Trinajstić information content (AvgIpc) is 3.48. The number of carbonyl (C=O) groups excluding carboxylic acids is 1. The maximum atomic E-state index is 13.7. The highest BCUT2D eigenvalue weighted by atomic mass is 19.1. The van der Waals surface area contributed by atoms with Gasteiger partial charge in [0.15, 0.2) is 11.6 Å². The van der Waals surface area contributed by atoms with Crippen LogP contribution < -0.4 is 9.64 Å². The molecule has 1 atom stereocenters. The summed E-state index contributed by atoms with van der Waals surface area (Å²) in [6, 6.07) is 5.40. The molecule has 2 aliphatic rings. The number of hydrogen-bond acceptors (Lipinski definition) is 6. The fourth-order valence-corrected chi connectivity index (χ4v) is 3.95. The topological polar surface area (TPSA) is 82.4 Å². The average molecular weight is 409 g/mol. The van der Waals surface area contributed by atoms with E-state index in [2.05, 4.69) is 15.1 Å². The minimum Gasteiger partial charge on any atom is -0.492 e. The van der Waals surface area contributed by atoms with Crippen molar-refractivity contribution in [1.29, 1.82) is 0 Å². The molecule has 1 saturated heterocycles. The van der Waals surface area contributed by atoms with Gasteiger partial charge in [-0.15, -0.1) is 0 Å². The number of ether oxygens (including phenoxy) is 2. The van der Waals surface area contributed by atoms with Crippen LogP contribution in [0.25, 0.3) is 11.3 Å². The van der Waals surface area contributed by atoms with E-state index in [1.54, 1.807) is 11.0 Å². The van der Waals surface area contributed by atoms with E-state index in [9.17, 15) is 9.18 Å². The molecule has 0 saturated carbocycles. The fraction of sp³-hybridized carbons (Fsp3) is 0.333. The van der Waals surface area contributed by atoms with Gasteiger partial charge in [0.1, 0.15) is 0 Å². The number of carbonyl (C=O) groups is 1. The molecule has 0 N–H and O–H groups in total. The normalized spacial score (nSPS) is 18.2. The number of rotatable bonds is 4. The van der Waals surface area contributed by atoms with Crippen LogP contribution in [-0.2, 0) is 11.3 Å². The Morgan fingerprint density at radius 1 is 1.33 bits per heavy atom. The third-order valence-electron chi connectivity index (χ3n) is 5.53. The van der Waals surface area contributed by atoms with Crippen LogP contribution in [0.4, 0.5) is 10.2 Å². The largest absolute Gasteiger partial charge is 0.492 e. The molecule has 0 unspecified atom stereocenters. The minimum atomic E-state index is -0.677. The molecule has 1 amide bonds. The second-order valence-electron chi connectivity index (χ2n) is 7.43. The van der Waals surface area contributed by atoms with Crippen molar-refractivity contribution >= 4 is 11.7 Å². The molecular formula is C21H20FN5O3. The van der Waals surface area contributed by atoms with Gasteiger partial charge in [0, 0.05) is 30.6 Å². The Labute approximate surface area is 172 Å². The third kappa shape index (κ3) is 3.02. The number of fused-ring (bicyclic) bond motifs is 1. The number of amides is 1. The number of aryl methyl sites for hydroxylation is 1. The van der Waals surface area contributed by atoms with Gasteiger partial charge in [0.2, 0.25) is 0 Å². The zero-order chi connectivity index (χ0) is 20.8. The third-order valence-corrected chi connectivity index (χ3v) is 5.53.